The summed E-state index contributed by atoms with van der Waals surface area (Å²) >= 11 is 0. The van der Waals surface area contributed by atoms with Crippen molar-refractivity contribution < 1.29 is 14.3 Å². The lowest BCUT2D eigenvalue weighted by atomic mass is 10.1. The van der Waals surface area contributed by atoms with Gasteiger partial charge in [-0.1, -0.05) is 24.3 Å². The van der Waals surface area contributed by atoms with Crippen LogP contribution in [0.2, 0.25) is 0 Å². The van der Waals surface area contributed by atoms with Crippen LogP contribution >= 0.6 is 0 Å². The van der Waals surface area contributed by atoms with Crippen LogP contribution in [0.15, 0.2) is 97.6 Å². The molecule has 0 spiro atoms. The van der Waals surface area contributed by atoms with Crippen molar-refractivity contribution in [1.29, 1.82) is 0 Å². The molecule has 4 rings (SSSR count). The average Bonchev–Trinajstić information content (AvgIpc) is 3.09. The summed E-state index contributed by atoms with van der Waals surface area (Å²) in [6, 6.07) is 21.8. The number of esters is 1. The summed E-state index contributed by atoms with van der Waals surface area (Å²) in [5, 5.41) is 2.84. The van der Waals surface area contributed by atoms with Crippen molar-refractivity contribution in [1.82, 2.24) is 35.1 Å². The number of rotatable bonds is 19. The molecule has 1 amide bonds. The molecule has 0 radical (unpaired) electrons. The number of hydrogen-bond acceptors (Lipinski definition) is 10. The number of aromatic nitrogens is 4. The third-order valence-corrected chi connectivity index (χ3v) is 7.54. The molecule has 242 valence electrons. The van der Waals surface area contributed by atoms with Crippen molar-refractivity contribution in [3.8, 4) is 0 Å². The van der Waals surface area contributed by atoms with Crippen LogP contribution in [0.4, 0.5) is 0 Å². The molecule has 11 heteroatoms. The third-order valence-electron chi connectivity index (χ3n) is 7.54. The van der Waals surface area contributed by atoms with Crippen LogP contribution in [-0.2, 0) is 40.5 Å². The molecule has 4 aromatic rings. The SMILES string of the molecule is COC(=O)[C@H](CCCN(Cc1ccccn1)Cc1ccccn1)NC(=O)[C@@H](N)CCCN(Cc1ccccn1)Cc1ccccn1. The number of nitrogens with one attached hydrogen (secondary N) is 1. The molecule has 0 saturated heterocycles. The number of hydrogen-bond donors (Lipinski definition) is 2. The highest BCUT2D eigenvalue weighted by molar-refractivity contribution is 5.87. The fraction of sp³-hybridized carbons (Fsp3) is 0.371. The molecule has 3 N–H and O–H groups in total. The molecular weight excluding hydrogens is 580 g/mol. The van der Waals surface area contributed by atoms with Gasteiger partial charge in [0.15, 0.2) is 0 Å². The maximum Gasteiger partial charge on any atom is 0.328 e. The van der Waals surface area contributed by atoms with Crippen LogP contribution in [0, 0.1) is 0 Å². The van der Waals surface area contributed by atoms with Crippen LogP contribution in [-0.4, -0.2) is 73.9 Å². The van der Waals surface area contributed by atoms with E-state index in [4.69, 9.17) is 10.5 Å². The topological polar surface area (TPSA) is 139 Å². The van der Waals surface area contributed by atoms with E-state index in [1.54, 1.807) is 24.8 Å². The van der Waals surface area contributed by atoms with Crippen molar-refractivity contribution in [2.45, 2.75) is 63.9 Å². The Labute approximate surface area is 271 Å². The Bertz CT molecular complexity index is 1350. The maximum atomic E-state index is 13.1. The fourth-order valence-corrected chi connectivity index (χ4v) is 5.17. The zero-order valence-corrected chi connectivity index (χ0v) is 26.4. The van der Waals surface area contributed by atoms with Crippen LogP contribution < -0.4 is 11.1 Å². The van der Waals surface area contributed by atoms with Crippen molar-refractivity contribution in [2.75, 3.05) is 20.2 Å². The van der Waals surface area contributed by atoms with E-state index in [0.29, 0.717) is 65.0 Å². The largest absolute Gasteiger partial charge is 0.467 e. The summed E-state index contributed by atoms with van der Waals surface area (Å²) in [5.41, 5.74) is 10.1. The molecule has 0 saturated carbocycles. The Kier molecular flexibility index (Phi) is 14.2. The standard InChI is InChI=1S/C35H44N8O3/c1-46-35(45)33(17-11-23-43(26-30-14-4-8-20-39-30)27-31-15-5-9-21-40-31)41-34(44)32(36)16-10-22-42(24-28-12-2-6-18-37-28)25-29-13-3-7-19-38-29/h2-9,12-15,18-21,32-33H,10-11,16-17,22-27,36H2,1H3,(H,41,44)/t32-,33-/m0/s1. The number of amides is 1. The third kappa shape index (κ3) is 12.1. The highest BCUT2D eigenvalue weighted by Crippen LogP contribution is 2.12. The van der Waals surface area contributed by atoms with Gasteiger partial charge >= 0.3 is 5.97 Å². The van der Waals surface area contributed by atoms with E-state index in [0.717, 1.165) is 22.8 Å². The minimum Gasteiger partial charge on any atom is -0.467 e. The van der Waals surface area contributed by atoms with Gasteiger partial charge in [-0.2, -0.15) is 0 Å². The van der Waals surface area contributed by atoms with Crippen molar-refractivity contribution in [3.05, 3.63) is 120 Å². The van der Waals surface area contributed by atoms with Crippen LogP contribution in [0.1, 0.15) is 48.5 Å². The van der Waals surface area contributed by atoms with Gasteiger partial charge in [0.2, 0.25) is 5.91 Å². The molecular formula is C35H44N8O3. The van der Waals surface area contributed by atoms with Gasteiger partial charge in [0.25, 0.3) is 0 Å². The average molecular weight is 625 g/mol. The first-order chi connectivity index (χ1) is 22.5. The Balaban J connectivity index is 1.28. The number of nitrogens with zero attached hydrogens (tertiary/aromatic N) is 6. The lowest BCUT2D eigenvalue weighted by Gasteiger charge is -2.24. The summed E-state index contributed by atoms with van der Waals surface area (Å²) in [6.45, 7) is 3.95. The molecule has 0 fully saturated rings. The minimum atomic E-state index is -0.792. The highest BCUT2D eigenvalue weighted by atomic mass is 16.5. The van der Waals surface area contributed by atoms with E-state index in [-0.39, 0.29) is 5.91 Å². The Hall–Kier alpha value is -4.58. The fourth-order valence-electron chi connectivity index (χ4n) is 5.17. The second kappa shape index (κ2) is 19.1. The van der Waals surface area contributed by atoms with E-state index < -0.39 is 18.1 Å². The van der Waals surface area contributed by atoms with Crippen LogP contribution in [0.5, 0.6) is 0 Å². The van der Waals surface area contributed by atoms with E-state index >= 15 is 0 Å². The molecule has 46 heavy (non-hydrogen) atoms. The summed E-state index contributed by atoms with van der Waals surface area (Å²) < 4.78 is 5.02. The lowest BCUT2D eigenvalue weighted by Crippen LogP contribution is -2.49. The van der Waals surface area contributed by atoms with Gasteiger partial charge < -0.3 is 15.8 Å². The molecule has 0 bridgehead atoms. The Morgan fingerprint density at radius 1 is 0.674 bits per heavy atom. The second-order valence-corrected chi connectivity index (χ2v) is 11.2. The first-order valence-corrected chi connectivity index (χ1v) is 15.7. The smallest absolute Gasteiger partial charge is 0.328 e. The summed E-state index contributed by atoms with van der Waals surface area (Å²) in [5.74, 6) is -0.853. The van der Waals surface area contributed by atoms with Crippen LogP contribution in [0.25, 0.3) is 0 Å². The monoisotopic (exact) mass is 624 g/mol. The van der Waals surface area contributed by atoms with E-state index in [9.17, 15) is 9.59 Å². The molecule has 4 aromatic heterocycles. The maximum absolute atomic E-state index is 13.1. The first-order valence-electron chi connectivity index (χ1n) is 15.7. The zero-order chi connectivity index (χ0) is 32.4. The number of carbonyl (C=O) groups is 2. The number of carbonyl (C=O) groups excluding carboxylic acids is 2. The minimum absolute atomic E-state index is 0.366. The lowest BCUT2D eigenvalue weighted by molar-refractivity contribution is -0.145. The van der Waals surface area contributed by atoms with Gasteiger partial charge in [0.1, 0.15) is 6.04 Å². The summed E-state index contributed by atoms with van der Waals surface area (Å²) in [6.07, 6.45) is 9.32. The summed E-state index contributed by atoms with van der Waals surface area (Å²) in [4.78, 5) is 48.1. The zero-order valence-electron chi connectivity index (χ0n) is 26.4. The predicted octanol–water partition coefficient (Wildman–Crippen LogP) is 3.52. The molecule has 0 unspecified atom stereocenters. The highest BCUT2D eigenvalue weighted by Gasteiger charge is 2.25. The van der Waals surface area contributed by atoms with Gasteiger partial charge in [-0.3, -0.25) is 34.5 Å². The predicted molar refractivity (Wildman–Crippen MR) is 176 cm³/mol. The number of ether oxygens (including phenoxy) is 1. The molecule has 0 aromatic carbocycles. The quantitative estimate of drug-likeness (QED) is 0.149. The van der Waals surface area contributed by atoms with Crippen LogP contribution in [0.3, 0.4) is 0 Å². The molecule has 0 aliphatic carbocycles. The molecule has 0 aliphatic rings. The molecule has 2 atom stereocenters. The normalized spacial score (nSPS) is 12.5. The second-order valence-electron chi connectivity index (χ2n) is 11.2. The molecule has 4 heterocycles. The van der Waals surface area contributed by atoms with Gasteiger partial charge in [-0.05, 0) is 87.3 Å². The number of nitrogens with two attached hydrogens (primary N) is 1. The molecule has 0 aliphatic heterocycles. The number of pyridine rings is 4. The van der Waals surface area contributed by atoms with Gasteiger partial charge in [0.05, 0.1) is 35.9 Å². The van der Waals surface area contributed by atoms with E-state index in [1.165, 1.54) is 7.11 Å². The number of methoxy groups -OCH3 is 1. The van der Waals surface area contributed by atoms with Crippen molar-refractivity contribution in [2.24, 2.45) is 5.73 Å². The van der Waals surface area contributed by atoms with Gasteiger partial charge in [-0.25, -0.2) is 4.79 Å². The van der Waals surface area contributed by atoms with E-state index in [1.807, 2.05) is 72.8 Å². The summed E-state index contributed by atoms with van der Waals surface area (Å²) in [7, 11) is 1.33. The van der Waals surface area contributed by atoms with E-state index in [2.05, 4.69) is 35.1 Å². The Morgan fingerprint density at radius 3 is 1.41 bits per heavy atom. The first kappa shape index (κ1) is 34.3. The van der Waals surface area contributed by atoms with Gasteiger partial charge in [-0.15, -0.1) is 0 Å². The molecule has 11 nitrogen and oxygen atoms in total. The Morgan fingerprint density at radius 2 is 1.07 bits per heavy atom. The van der Waals surface area contributed by atoms with Gasteiger partial charge in [0, 0.05) is 51.0 Å². The van der Waals surface area contributed by atoms with Crippen molar-refractivity contribution in [3.63, 3.8) is 0 Å². The van der Waals surface area contributed by atoms with Crippen molar-refractivity contribution >= 4 is 11.9 Å².